The summed E-state index contributed by atoms with van der Waals surface area (Å²) in [5.41, 5.74) is 2.36. The SMILES string of the molecule is CCc1ccc(NC(=S)N[C@@H](c2cccs2)C(C)C)cc1. The van der Waals surface area contributed by atoms with E-state index < -0.39 is 0 Å². The van der Waals surface area contributed by atoms with Crippen molar-refractivity contribution in [3.63, 3.8) is 0 Å². The fourth-order valence-corrected chi connectivity index (χ4v) is 3.36. The van der Waals surface area contributed by atoms with Gasteiger partial charge in [-0.3, -0.25) is 0 Å². The first-order valence-electron chi connectivity index (χ1n) is 7.30. The van der Waals surface area contributed by atoms with E-state index in [1.54, 1.807) is 11.3 Å². The number of thiocarbonyl (C=S) groups is 1. The highest BCUT2D eigenvalue weighted by Gasteiger charge is 2.17. The first kappa shape index (κ1) is 16.0. The first-order chi connectivity index (χ1) is 10.1. The van der Waals surface area contributed by atoms with E-state index in [1.807, 2.05) is 0 Å². The summed E-state index contributed by atoms with van der Waals surface area (Å²) in [5.74, 6) is 0.478. The second-order valence-electron chi connectivity index (χ2n) is 5.39. The Morgan fingerprint density at radius 1 is 1.19 bits per heavy atom. The van der Waals surface area contributed by atoms with Crippen LogP contribution in [0.4, 0.5) is 5.69 Å². The number of hydrogen-bond acceptors (Lipinski definition) is 2. The van der Waals surface area contributed by atoms with Crippen molar-refractivity contribution in [1.29, 1.82) is 0 Å². The number of benzene rings is 1. The minimum Gasteiger partial charge on any atom is -0.355 e. The summed E-state index contributed by atoms with van der Waals surface area (Å²) < 4.78 is 0. The zero-order chi connectivity index (χ0) is 15.2. The van der Waals surface area contributed by atoms with Gasteiger partial charge in [0.15, 0.2) is 5.11 Å². The Hall–Kier alpha value is -1.39. The van der Waals surface area contributed by atoms with Gasteiger partial charge in [-0.1, -0.05) is 39.0 Å². The number of anilines is 1. The third-order valence-electron chi connectivity index (χ3n) is 3.42. The maximum Gasteiger partial charge on any atom is 0.171 e. The zero-order valence-corrected chi connectivity index (χ0v) is 14.4. The van der Waals surface area contributed by atoms with Crippen molar-refractivity contribution in [2.24, 2.45) is 5.92 Å². The van der Waals surface area contributed by atoms with Crippen LogP contribution in [0.5, 0.6) is 0 Å². The van der Waals surface area contributed by atoms with E-state index in [4.69, 9.17) is 12.2 Å². The minimum atomic E-state index is 0.250. The molecule has 0 aliphatic heterocycles. The zero-order valence-electron chi connectivity index (χ0n) is 12.7. The normalized spacial score (nSPS) is 12.2. The molecule has 0 saturated heterocycles. The quantitative estimate of drug-likeness (QED) is 0.759. The van der Waals surface area contributed by atoms with Crippen LogP contribution in [-0.2, 0) is 6.42 Å². The van der Waals surface area contributed by atoms with Crippen LogP contribution in [0.1, 0.15) is 37.3 Å². The smallest absolute Gasteiger partial charge is 0.171 e. The molecule has 2 N–H and O–H groups in total. The molecule has 2 nitrogen and oxygen atoms in total. The van der Waals surface area contributed by atoms with Crippen LogP contribution < -0.4 is 10.6 Å². The summed E-state index contributed by atoms with van der Waals surface area (Å²) in [5, 5.41) is 9.47. The largest absolute Gasteiger partial charge is 0.355 e. The van der Waals surface area contributed by atoms with Gasteiger partial charge in [-0.25, -0.2) is 0 Å². The second kappa shape index (κ2) is 7.57. The van der Waals surface area contributed by atoms with Gasteiger partial charge in [0.25, 0.3) is 0 Å². The fourth-order valence-electron chi connectivity index (χ4n) is 2.17. The summed E-state index contributed by atoms with van der Waals surface area (Å²) in [6.45, 7) is 6.56. The summed E-state index contributed by atoms with van der Waals surface area (Å²) in [7, 11) is 0. The summed E-state index contributed by atoms with van der Waals surface area (Å²) >= 11 is 7.21. The van der Waals surface area contributed by atoms with E-state index in [9.17, 15) is 0 Å². The Morgan fingerprint density at radius 3 is 2.43 bits per heavy atom. The summed E-state index contributed by atoms with van der Waals surface area (Å²) in [6, 6.07) is 12.9. The topological polar surface area (TPSA) is 24.1 Å². The van der Waals surface area contributed by atoms with E-state index in [2.05, 4.69) is 73.2 Å². The van der Waals surface area contributed by atoms with Crippen molar-refractivity contribution < 1.29 is 0 Å². The molecule has 1 aromatic carbocycles. The van der Waals surface area contributed by atoms with Crippen LogP contribution in [0.15, 0.2) is 41.8 Å². The van der Waals surface area contributed by atoms with Crippen LogP contribution >= 0.6 is 23.6 Å². The van der Waals surface area contributed by atoms with E-state index in [1.165, 1.54) is 10.4 Å². The third-order valence-corrected chi connectivity index (χ3v) is 4.60. The minimum absolute atomic E-state index is 0.250. The predicted molar refractivity (Wildman–Crippen MR) is 97.1 cm³/mol. The molecule has 0 amide bonds. The Balaban J connectivity index is 1.99. The van der Waals surface area contributed by atoms with Crippen molar-refractivity contribution in [1.82, 2.24) is 5.32 Å². The van der Waals surface area contributed by atoms with Gasteiger partial charge >= 0.3 is 0 Å². The fraction of sp³-hybridized carbons (Fsp3) is 0.353. The van der Waals surface area contributed by atoms with Crippen LogP contribution in [-0.4, -0.2) is 5.11 Å². The lowest BCUT2D eigenvalue weighted by Crippen LogP contribution is -2.34. The molecule has 0 radical (unpaired) electrons. The van der Waals surface area contributed by atoms with Gasteiger partial charge < -0.3 is 10.6 Å². The average molecular weight is 319 g/mol. The van der Waals surface area contributed by atoms with Gasteiger partial charge in [-0.05, 0) is 53.7 Å². The second-order valence-corrected chi connectivity index (χ2v) is 6.77. The lowest BCUT2D eigenvalue weighted by Gasteiger charge is -2.23. The van der Waals surface area contributed by atoms with Gasteiger partial charge in [0.05, 0.1) is 6.04 Å². The van der Waals surface area contributed by atoms with Gasteiger partial charge in [-0.2, -0.15) is 0 Å². The molecule has 1 aromatic heterocycles. The molecule has 0 unspecified atom stereocenters. The van der Waals surface area contributed by atoms with Crippen molar-refractivity contribution in [3.8, 4) is 0 Å². The predicted octanol–water partition coefficient (Wildman–Crippen LogP) is 4.99. The molecule has 4 heteroatoms. The van der Waals surface area contributed by atoms with Crippen LogP contribution in [0.25, 0.3) is 0 Å². The van der Waals surface area contributed by atoms with Gasteiger partial charge in [0.1, 0.15) is 0 Å². The molecular formula is C17H22N2S2. The molecule has 112 valence electrons. The molecule has 1 heterocycles. The van der Waals surface area contributed by atoms with Crippen LogP contribution in [0, 0.1) is 5.92 Å². The van der Waals surface area contributed by atoms with E-state index in [-0.39, 0.29) is 6.04 Å². The Morgan fingerprint density at radius 2 is 1.90 bits per heavy atom. The third kappa shape index (κ3) is 4.55. The molecule has 0 aliphatic carbocycles. The molecular weight excluding hydrogens is 296 g/mol. The molecule has 0 aliphatic rings. The lowest BCUT2D eigenvalue weighted by molar-refractivity contribution is 0.480. The summed E-state index contributed by atoms with van der Waals surface area (Å²) in [6.07, 6.45) is 1.05. The van der Waals surface area contributed by atoms with Crippen molar-refractivity contribution in [3.05, 3.63) is 52.2 Å². The number of nitrogens with one attached hydrogen (secondary N) is 2. The molecule has 0 fully saturated rings. The Kier molecular flexibility index (Phi) is 5.76. The van der Waals surface area contributed by atoms with Crippen LogP contribution in [0.3, 0.4) is 0 Å². The van der Waals surface area contributed by atoms with E-state index in [0.717, 1.165) is 12.1 Å². The maximum absolute atomic E-state index is 5.45. The summed E-state index contributed by atoms with van der Waals surface area (Å²) in [4.78, 5) is 1.32. The van der Waals surface area contributed by atoms with Crippen molar-refractivity contribution in [2.75, 3.05) is 5.32 Å². The molecule has 2 rings (SSSR count). The molecule has 0 spiro atoms. The highest BCUT2D eigenvalue weighted by Crippen LogP contribution is 2.25. The van der Waals surface area contributed by atoms with E-state index >= 15 is 0 Å². The monoisotopic (exact) mass is 318 g/mol. The number of hydrogen-bond donors (Lipinski definition) is 2. The maximum atomic E-state index is 5.45. The first-order valence-corrected chi connectivity index (χ1v) is 8.58. The number of aryl methyl sites for hydroxylation is 1. The molecule has 21 heavy (non-hydrogen) atoms. The van der Waals surface area contributed by atoms with Gasteiger partial charge in [0, 0.05) is 10.6 Å². The molecule has 0 bridgehead atoms. The molecule has 0 saturated carbocycles. The Bertz CT molecular complexity index is 559. The number of rotatable bonds is 5. The highest BCUT2D eigenvalue weighted by atomic mass is 32.1. The van der Waals surface area contributed by atoms with Gasteiger partial charge in [0.2, 0.25) is 0 Å². The van der Waals surface area contributed by atoms with Gasteiger partial charge in [-0.15, -0.1) is 11.3 Å². The molecule has 1 atom stereocenters. The average Bonchev–Trinajstić information content (AvgIpc) is 2.99. The Labute approximate surface area is 136 Å². The van der Waals surface area contributed by atoms with Crippen LogP contribution in [0.2, 0.25) is 0 Å². The van der Waals surface area contributed by atoms with Crippen molar-refractivity contribution in [2.45, 2.75) is 33.2 Å². The van der Waals surface area contributed by atoms with Crippen molar-refractivity contribution >= 4 is 34.4 Å². The van der Waals surface area contributed by atoms with E-state index in [0.29, 0.717) is 11.0 Å². The number of thiophene rings is 1. The lowest BCUT2D eigenvalue weighted by atomic mass is 10.0. The highest BCUT2D eigenvalue weighted by molar-refractivity contribution is 7.80. The standard InChI is InChI=1S/C17H22N2S2/c1-4-13-7-9-14(10-8-13)18-17(20)19-16(12(2)3)15-6-5-11-21-15/h5-12,16H,4H2,1-3H3,(H2,18,19,20)/t16-/m1/s1. The molecule has 2 aromatic rings.